The van der Waals surface area contributed by atoms with E-state index < -0.39 is 0 Å². The molecule has 0 aliphatic carbocycles. The number of fused-ring (bicyclic) bond motifs is 2. The molecule has 52 heavy (non-hydrogen) atoms. The second-order valence-electron chi connectivity index (χ2n) is 12.7. The van der Waals surface area contributed by atoms with Crippen LogP contribution in [0.3, 0.4) is 0 Å². The standard InChI is InChI=1S/C48H30N4/c49-31-39-28-29-41(44-18-10-9-16-40(39)44)33-19-21-34(22-20-33)43-30-27-32-11-7-8-17-42(32)45(43)35-23-25-38(26-24-35)48-51-46(36-12-3-1-4-13-36)50-47(52-48)37-14-5-2-6-15-37/h1-30H. The Morgan fingerprint density at radius 2 is 0.769 bits per heavy atom. The van der Waals surface area contributed by atoms with Gasteiger partial charge < -0.3 is 0 Å². The maximum atomic E-state index is 9.68. The first kappa shape index (κ1) is 30.8. The predicted octanol–water partition coefficient (Wildman–Crippen LogP) is 12.1. The summed E-state index contributed by atoms with van der Waals surface area (Å²) in [4.78, 5) is 14.7. The van der Waals surface area contributed by atoms with Gasteiger partial charge in [0.2, 0.25) is 0 Å². The highest BCUT2D eigenvalue weighted by molar-refractivity contribution is 6.05. The lowest BCUT2D eigenvalue weighted by atomic mass is 9.88. The van der Waals surface area contributed by atoms with Gasteiger partial charge in [0, 0.05) is 22.1 Å². The maximum absolute atomic E-state index is 9.68. The van der Waals surface area contributed by atoms with Gasteiger partial charge in [-0.2, -0.15) is 5.26 Å². The monoisotopic (exact) mass is 662 g/mol. The maximum Gasteiger partial charge on any atom is 0.164 e. The van der Waals surface area contributed by atoms with Gasteiger partial charge in [0.1, 0.15) is 0 Å². The lowest BCUT2D eigenvalue weighted by Gasteiger charge is -2.16. The Bertz CT molecular complexity index is 2710. The van der Waals surface area contributed by atoms with Crippen LogP contribution in [0.4, 0.5) is 0 Å². The second-order valence-corrected chi connectivity index (χ2v) is 12.7. The summed E-state index contributed by atoms with van der Waals surface area (Å²) in [6.45, 7) is 0. The van der Waals surface area contributed by atoms with Crippen LogP contribution in [0, 0.1) is 11.3 Å². The molecule has 0 saturated heterocycles. The van der Waals surface area contributed by atoms with Crippen molar-refractivity contribution in [1.82, 2.24) is 15.0 Å². The van der Waals surface area contributed by atoms with Crippen molar-refractivity contribution in [3.8, 4) is 73.6 Å². The van der Waals surface area contributed by atoms with E-state index in [4.69, 9.17) is 15.0 Å². The molecule has 0 saturated carbocycles. The minimum absolute atomic E-state index is 0.628. The van der Waals surface area contributed by atoms with E-state index in [0.717, 1.165) is 55.3 Å². The van der Waals surface area contributed by atoms with Crippen LogP contribution in [0.15, 0.2) is 182 Å². The molecule has 0 radical (unpaired) electrons. The normalized spacial score (nSPS) is 11.1. The molecule has 9 rings (SSSR count). The molecule has 0 N–H and O–H groups in total. The van der Waals surface area contributed by atoms with Gasteiger partial charge in [-0.1, -0.05) is 176 Å². The van der Waals surface area contributed by atoms with Crippen molar-refractivity contribution in [3.05, 3.63) is 188 Å². The zero-order valence-electron chi connectivity index (χ0n) is 28.1. The minimum atomic E-state index is 0.628. The summed E-state index contributed by atoms with van der Waals surface area (Å²) in [6, 6.07) is 64.8. The molecular formula is C48H30N4. The molecule has 9 aromatic rings. The molecule has 4 heteroatoms. The van der Waals surface area contributed by atoms with Crippen LogP contribution in [0.5, 0.6) is 0 Å². The van der Waals surface area contributed by atoms with Gasteiger partial charge in [0.05, 0.1) is 11.6 Å². The molecule has 1 aromatic heterocycles. The summed E-state index contributed by atoms with van der Waals surface area (Å²) in [5.41, 5.74) is 10.3. The van der Waals surface area contributed by atoms with Gasteiger partial charge in [0.25, 0.3) is 0 Å². The highest BCUT2D eigenvalue weighted by Crippen LogP contribution is 2.40. The van der Waals surface area contributed by atoms with Crippen LogP contribution < -0.4 is 0 Å². The molecule has 0 aliphatic rings. The van der Waals surface area contributed by atoms with Crippen LogP contribution in [-0.2, 0) is 0 Å². The molecule has 0 bridgehead atoms. The van der Waals surface area contributed by atoms with Gasteiger partial charge in [-0.15, -0.1) is 0 Å². The SMILES string of the molecule is N#Cc1ccc(-c2ccc(-c3ccc4ccccc4c3-c3ccc(-c4nc(-c5ccccc5)nc(-c5ccccc5)n4)cc3)cc2)c2ccccc12. The minimum Gasteiger partial charge on any atom is -0.208 e. The molecule has 0 spiro atoms. The first-order valence-electron chi connectivity index (χ1n) is 17.3. The number of hydrogen-bond acceptors (Lipinski definition) is 4. The Morgan fingerprint density at radius 1 is 0.327 bits per heavy atom. The van der Waals surface area contributed by atoms with Crippen molar-refractivity contribution in [1.29, 1.82) is 5.26 Å². The Labute approximate surface area is 302 Å². The van der Waals surface area contributed by atoms with E-state index in [1.54, 1.807) is 0 Å². The van der Waals surface area contributed by atoms with E-state index in [9.17, 15) is 5.26 Å². The number of nitriles is 1. The molecule has 0 atom stereocenters. The van der Waals surface area contributed by atoms with E-state index in [1.807, 2.05) is 84.9 Å². The molecule has 0 unspecified atom stereocenters. The summed E-state index contributed by atoms with van der Waals surface area (Å²) in [5.74, 6) is 1.91. The first-order valence-corrected chi connectivity index (χ1v) is 17.3. The zero-order valence-corrected chi connectivity index (χ0v) is 28.1. The van der Waals surface area contributed by atoms with Crippen LogP contribution in [0.25, 0.3) is 89.1 Å². The quantitative estimate of drug-likeness (QED) is 0.178. The highest BCUT2D eigenvalue weighted by Gasteiger charge is 2.16. The summed E-state index contributed by atoms with van der Waals surface area (Å²) in [7, 11) is 0. The van der Waals surface area contributed by atoms with Crippen molar-refractivity contribution < 1.29 is 0 Å². The highest BCUT2D eigenvalue weighted by atomic mass is 15.0. The number of rotatable bonds is 6. The Hall–Kier alpha value is -7.22. The first-order chi connectivity index (χ1) is 25.7. The molecule has 0 amide bonds. The van der Waals surface area contributed by atoms with Crippen molar-refractivity contribution in [3.63, 3.8) is 0 Å². The molecule has 1 heterocycles. The average Bonchev–Trinajstić information content (AvgIpc) is 3.23. The lowest BCUT2D eigenvalue weighted by Crippen LogP contribution is -2.00. The van der Waals surface area contributed by atoms with E-state index in [-0.39, 0.29) is 0 Å². The van der Waals surface area contributed by atoms with Crippen LogP contribution in [-0.4, -0.2) is 15.0 Å². The fourth-order valence-electron chi connectivity index (χ4n) is 7.02. The molecule has 242 valence electrons. The largest absolute Gasteiger partial charge is 0.208 e. The summed E-state index contributed by atoms with van der Waals surface area (Å²) in [6.07, 6.45) is 0. The Balaban J connectivity index is 1.13. The topological polar surface area (TPSA) is 62.5 Å². The van der Waals surface area contributed by atoms with Crippen molar-refractivity contribution in [2.75, 3.05) is 0 Å². The number of nitrogens with zero attached hydrogens (tertiary/aromatic N) is 4. The average molecular weight is 663 g/mol. The fourth-order valence-corrected chi connectivity index (χ4v) is 7.02. The smallest absolute Gasteiger partial charge is 0.164 e. The van der Waals surface area contributed by atoms with Crippen LogP contribution >= 0.6 is 0 Å². The van der Waals surface area contributed by atoms with Gasteiger partial charge in [-0.25, -0.2) is 15.0 Å². The summed E-state index contributed by atoms with van der Waals surface area (Å²) in [5, 5.41) is 14.1. The van der Waals surface area contributed by atoms with Crippen LogP contribution in [0.2, 0.25) is 0 Å². The Kier molecular flexibility index (Phi) is 7.85. The second kappa shape index (κ2) is 13.2. The number of aromatic nitrogens is 3. The van der Waals surface area contributed by atoms with Gasteiger partial charge in [-0.3, -0.25) is 0 Å². The van der Waals surface area contributed by atoms with Crippen molar-refractivity contribution in [2.45, 2.75) is 0 Å². The Morgan fingerprint density at radius 3 is 1.37 bits per heavy atom. The van der Waals surface area contributed by atoms with Crippen LogP contribution in [0.1, 0.15) is 5.56 Å². The molecule has 8 aromatic carbocycles. The summed E-state index contributed by atoms with van der Waals surface area (Å²) >= 11 is 0. The molecule has 4 nitrogen and oxygen atoms in total. The fraction of sp³-hybridized carbons (Fsp3) is 0. The third kappa shape index (κ3) is 5.67. The molecular weight excluding hydrogens is 633 g/mol. The van der Waals surface area contributed by atoms with Gasteiger partial charge in [0.15, 0.2) is 17.5 Å². The van der Waals surface area contributed by atoms with Crippen molar-refractivity contribution in [2.24, 2.45) is 0 Å². The third-order valence-electron chi connectivity index (χ3n) is 9.61. The number of benzene rings is 8. The lowest BCUT2D eigenvalue weighted by molar-refractivity contribution is 1.07. The number of hydrogen-bond donors (Lipinski definition) is 0. The van der Waals surface area contributed by atoms with E-state index >= 15 is 0 Å². The summed E-state index contributed by atoms with van der Waals surface area (Å²) < 4.78 is 0. The zero-order chi connectivity index (χ0) is 34.9. The predicted molar refractivity (Wildman–Crippen MR) is 212 cm³/mol. The van der Waals surface area contributed by atoms with Gasteiger partial charge >= 0.3 is 0 Å². The van der Waals surface area contributed by atoms with E-state index in [2.05, 4.69) is 103 Å². The van der Waals surface area contributed by atoms with E-state index in [0.29, 0.717) is 23.0 Å². The molecule has 0 aliphatic heterocycles. The van der Waals surface area contributed by atoms with Crippen molar-refractivity contribution >= 4 is 21.5 Å². The van der Waals surface area contributed by atoms with Gasteiger partial charge in [-0.05, 0) is 55.6 Å². The molecule has 0 fully saturated rings. The van der Waals surface area contributed by atoms with E-state index in [1.165, 1.54) is 16.3 Å². The third-order valence-corrected chi connectivity index (χ3v) is 9.61.